The van der Waals surface area contributed by atoms with Crippen LogP contribution in [0.3, 0.4) is 0 Å². The number of likely N-dealkylation sites (N-methyl/N-ethyl adjacent to an activating group) is 1. The number of hydrogen-bond acceptors (Lipinski definition) is 7. The van der Waals surface area contributed by atoms with Crippen LogP contribution in [0.4, 0.5) is 0 Å². The topological polar surface area (TPSA) is 114 Å². The van der Waals surface area contributed by atoms with Crippen LogP contribution < -0.4 is 10.2 Å². The van der Waals surface area contributed by atoms with Crippen LogP contribution in [0.15, 0.2) is 97.2 Å². The van der Waals surface area contributed by atoms with Gasteiger partial charge >= 0.3 is 5.97 Å². The van der Waals surface area contributed by atoms with Gasteiger partial charge in [0, 0.05) is 12.8 Å². The third-order valence-corrected chi connectivity index (χ3v) is 13.0. The van der Waals surface area contributed by atoms with E-state index in [1.54, 1.807) is 6.08 Å². The summed E-state index contributed by atoms with van der Waals surface area (Å²) in [5.41, 5.74) is 0. The number of unbranched alkanes of at least 4 members (excludes halogenated alkanes) is 20. The van der Waals surface area contributed by atoms with Gasteiger partial charge in [-0.2, -0.15) is 0 Å². The maximum Gasteiger partial charge on any atom is 0.306 e. The molecule has 0 spiro atoms. The summed E-state index contributed by atoms with van der Waals surface area (Å²) in [6, 6.07) is -0.930. The zero-order chi connectivity index (χ0) is 52.2. The van der Waals surface area contributed by atoms with Crippen LogP contribution in [-0.4, -0.2) is 69.4 Å². The SMILES string of the molecule is CCCCC/C=C\C/C=C\C/C=C\C/C=C\CCCC(=O)NC(COP(=O)([O-])OCC[N+](C)(C)C)C(/C=C/CCCCCCCCCCC)OC(=O)CCCCCC/C=C\C/C=C\C/C=C\CCCCC. The standard InChI is InChI=1S/C61H107N2O7P/c1-7-10-13-16-19-22-25-27-29-31-33-35-38-41-44-47-50-53-60(64)62-58(57-69-71(66,67)68-56-55-63(4,5)6)59(52-49-46-43-40-37-24-21-18-15-12-9-3)70-61(65)54-51-48-45-42-39-36-34-32-30-28-26-23-20-17-14-11-8-2/h19-20,22-23,27-30,33-36,41,44,49,52,58-59H,7-18,21,24-26,31-32,37-40,42-43,45-48,50-51,53-57H2,1-6H3,(H-,62,64,66,67)/b22-19-,23-20-,29-27-,30-28-,35-33-,36-34-,44-41-,52-49+. The van der Waals surface area contributed by atoms with Crippen LogP contribution in [-0.2, 0) is 27.9 Å². The summed E-state index contributed by atoms with van der Waals surface area (Å²) in [7, 11) is 1.12. The molecule has 0 fully saturated rings. The second-order valence-electron chi connectivity index (χ2n) is 20.1. The molecular weight excluding hydrogens is 904 g/mol. The minimum atomic E-state index is -4.72. The third-order valence-electron chi connectivity index (χ3n) is 12.0. The molecule has 0 radical (unpaired) electrons. The van der Waals surface area contributed by atoms with Gasteiger partial charge in [-0.3, -0.25) is 14.2 Å². The van der Waals surface area contributed by atoms with Gasteiger partial charge in [-0.15, -0.1) is 0 Å². The van der Waals surface area contributed by atoms with Crippen molar-refractivity contribution in [2.45, 2.75) is 238 Å². The van der Waals surface area contributed by atoms with E-state index in [-0.39, 0.29) is 31.3 Å². The summed E-state index contributed by atoms with van der Waals surface area (Å²) in [6.45, 7) is 6.70. The number of esters is 1. The van der Waals surface area contributed by atoms with Gasteiger partial charge in [-0.1, -0.05) is 202 Å². The van der Waals surface area contributed by atoms with E-state index in [0.717, 1.165) is 83.5 Å². The Kier molecular flexibility index (Phi) is 48.3. The Balaban J connectivity index is 5.47. The molecule has 0 aromatic carbocycles. The summed E-state index contributed by atoms with van der Waals surface area (Å²) in [5.74, 6) is -0.639. The van der Waals surface area contributed by atoms with Crippen molar-refractivity contribution in [3.63, 3.8) is 0 Å². The first kappa shape index (κ1) is 67.9. The fourth-order valence-electron chi connectivity index (χ4n) is 7.52. The Hall–Kier alpha value is -3.07. The van der Waals surface area contributed by atoms with E-state index in [1.807, 2.05) is 27.2 Å². The minimum Gasteiger partial charge on any atom is -0.756 e. The molecule has 3 unspecified atom stereocenters. The highest BCUT2D eigenvalue weighted by atomic mass is 31.2. The highest BCUT2D eigenvalue weighted by molar-refractivity contribution is 7.45. The van der Waals surface area contributed by atoms with Gasteiger partial charge in [0.05, 0.1) is 33.8 Å². The lowest BCUT2D eigenvalue weighted by atomic mass is 10.1. The molecule has 0 aromatic rings. The highest BCUT2D eigenvalue weighted by Gasteiger charge is 2.27. The number of nitrogens with one attached hydrogen (secondary N) is 1. The van der Waals surface area contributed by atoms with Crippen LogP contribution >= 0.6 is 7.82 Å². The number of amides is 1. The monoisotopic (exact) mass is 1010 g/mol. The average Bonchev–Trinajstić information content (AvgIpc) is 3.33. The zero-order valence-electron chi connectivity index (χ0n) is 46.4. The molecule has 0 aliphatic heterocycles. The van der Waals surface area contributed by atoms with Gasteiger partial charge < -0.3 is 28.5 Å². The maximum atomic E-state index is 13.4. The van der Waals surface area contributed by atoms with E-state index in [2.05, 4.69) is 111 Å². The molecule has 1 amide bonds. The number of quaternary nitrogens is 1. The van der Waals surface area contributed by atoms with Gasteiger partial charge in [0.15, 0.2) is 0 Å². The van der Waals surface area contributed by atoms with Gasteiger partial charge in [0.25, 0.3) is 7.82 Å². The summed E-state index contributed by atoms with van der Waals surface area (Å²) in [5, 5.41) is 2.98. The van der Waals surface area contributed by atoms with E-state index in [4.69, 9.17) is 13.8 Å². The Morgan fingerprint density at radius 3 is 1.34 bits per heavy atom. The van der Waals surface area contributed by atoms with Crippen molar-refractivity contribution in [1.82, 2.24) is 5.32 Å². The lowest BCUT2D eigenvalue weighted by Gasteiger charge is -2.30. The van der Waals surface area contributed by atoms with Crippen LogP contribution in [0.5, 0.6) is 0 Å². The Morgan fingerprint density at radius 1 is 0.493 bits per heavy atom. The van der Waals surface area contributed by atoms with Crippen molar-refractivity contribution in [1.29, 1.82) is 0 Å². The fraction of sp³-hybridized carbons (Fsp3) is 0.705. The van der Waals surface area contributed by atoms with Crippen molar-refractivity contribution in [3.8, 4) is 0 Å². The first-order valence-electron chi connectivity index (χ1n) is 28.5. The van der Waals surface area contributed by atoms with E-state index < -0.39 is 26.6 Å². The molecule has 408 valence electrons. The van der Waals surface area contributed by atoms with Crippen LogP contribution in [0.1, 0.15) is 226 Å². The van der Waals surface area contributed by atoms with Gasteiger partial charge in [-0.25, -0.2) is 0 Å². The average molecular weight is 1010 g/mol. The number of nitrogens with zero attached hydrogens (tertiary/aromatic N) is 1. The molecule has 1 N–H and O–H groups in total. The summed E-state index contributed by atoms with van der Waals surface area (Å²) < 4.78 is 30.1. The molecule has 3 atom stereocenters. The second-order valence-corrected chi connectivity index (χ2v) is 21.5. The predicted octanol–water partition coefficient (Wildman–Crippen LogP) is 16.6. The van der Waals surface area contributed by atoms with Crippen molar-refractivity contribution in [2.24, 2.45) is 0 Å². The maximum absolute atomic E-state index is 13.4. The number of phosphoric ester groups is 1. The molecule has 0 aromatic heterocycles. The quantitative estimate of drug-likeness (QED) is 0.0212. The van der Waals surface area contributed by atoms with Crippen molar-refractivity contribution in [3.05, 3.63) is 97.2 Å². The van der Waals surface area contributed by atoms with Crippen LogP contribution in [0.2, 0.25) is 0 Å². The molecule has 10 heteroatoms. The van der Waals surface area contributed by atoms with Crippen molar-refractivity contribution < 1.29 is 37.3 Å². The van der Waals surface area contributed by atoms with Crippen LogP contribution in [0.25, 0.3) is 0 Å². The molecule has 0 saturated heterocycles. The predicted molar refractivity (Wildman–Crippen MR) is 302 cm³/mol. The third kappa shape index (κ3) is 51.6. The molecule has 0 bridgehead atoms. The second kappa shape index (κ2) is 50.5. The van der Waals surface area contributed by atoms with E-state index in [9.17, 15) is 19.0 Å². The summed E-state index contributed by atoms with van der Waals surface area (Å²) in [4.78, 5) is 39.8. The minimum absolute atomic E-state index is 0.0408. The normalized spacial score (nSPS) is 14.5. The summed E-state index contributed by atoms with van der Waals surface area (Å²) in [6.07, 6.45) is 66.6. The van der Waals surface area contributed by atoms with Gasteiger partial charge in [-0.05, 0) is 109 Å². The lowest BCUT2D eigenvalue weighted by molar-refractivity contribution is -0.870. The first-order valence-corrected chi connectivity index (χ1v) is 30.0. The Bertz CT molecular complexity index is 1540. The van der Waals surface area contributed by atoms with E-state index >= 15 is 0 Å². The molecule has 0 aliphatic rings. The summed E-state index contributed by atoms with van der Waals surface area (Å²) >= 11 is 0. The number of rotatable bonds is 50. The highest BCUT2D eigenvalue weighted by Crippen LogP contribution is 2.38. The van der Waals surface area contributed by atoms with E-state index in [1.165, 1.54) is 96.3 Å². The lowest BCUT2D eigenvalue weighted by Crippen LogP contribution is -2.47. The number of hydrogen-bond donors (Lipinski definition) is 1. The van der Waals surface area contributed by atoms with Crippen LogP contribution in [0, 0.1) is 0 Å². The molecule has 0 heterocycles. The molecule has 9 nitrogen and oxygen atoms in total. The number of carbonyl (C=O) groups excluding carboxylic acids is 2. The van der Waals surface area contributed by atoms with Crippen molar-refractivity contribution in [2.75, 3.05) is 40.9 Å². The Labute approximate surface area is 437 Å². The van der Waals surface area contributed by atoms with E-state index in [0.29, 0.717) is 23.9 Å². The number of ether oxygens (including phenoxy) is 1. The first-order chi connectivity index (χ1) is 34.4. The Morgan fingerprint density at radius 2 is 0.873 bits per heavy atom. The van der Waals surface area contributed by atoms with Crippen molar-refractivity contribution >= 4 is 19.7 Å². The smallest absolute Gasteiger partial charge is 0.306 e. The largest absolute Gasteiger partial charge is 0.756 e. The van der Waals surface area contributed by atoms with Gasteiger partial charge in [0.2, 0.25) is 5.91 Å². The molecule has 0 saturated carbocycles. The molecule has 71 heavy (non-hydrogen) atoms. The number of carbonyl (C=O) groups is 2. The zero-order valence-corrected chi connectivity index (χ0v) is 47.3. The molecular formula is C61H107N2O7P. The molecule has 0 rings (SSSR count). The fourth-order valence-corrected chi connectivity index (χ4v) is 8.24. The molecule has 0 aliphatic carbocycles. The number of allylic oxidation sites excluding steroid dienone is 15. The number of phosphoric acid groups is 1. The van der Waals surface area contributed by atoms with Gasteiger partial charge in [0.1, 0.15) is 19.3 Å².